The van der Waals surface area contributed by atoms with E-state index in [1.807, 2.05) is 0 Å². The molecule has 0 saturated heterocycles. The molecular formula is C8H6F3NO2. The molecule has 0 atom stereocenters. The summed E-state index contributed by atoms with van der Waals surface area (Å²) in [5.74, 6) is -0.692. The summed E-state index contributed by atoms with van der Waals surface area (Å²) in [6, 6.07) is 1.21. The maximum atomic E-state index is 12.2. The lowest BCUT2D eigenvalue weighted by Crippen LogP contribution is -2.09. The Balaban J connectivity index is 3.42. The number of carbonyl (C=O) groups is 1. The second-order valence-corrected chi connectivity index (χ2v) is 2.61. The highest BCUT2D eigenvalue weighted by Gasteiger charge is 2.34. The zero-order chi connectivity index (χ0) is 10.9. The lowest BCUT2D eigenvalue weighted by molar-refractivity contribution is -0.137. The van der Waals surface area contributed by atoms with Crippen molar-refractivity contribution >= 4 is 12.0 Å². The minimum Gasteiger partial charge on any atom is -0.506 e. The third kappa shape index (κ3) is 1.78. The van der Waals surface area contributed by atoms with Crippen LogP contribution < -0.4 is 5.73 Å². The molecule has 0 unspecified atom stereocenters. The summed E-state index contributed by atoms with van der Waals surface area (Å²) in [7, 11) is 0. The van der Waals surface area contributed by atoms with E-state index in [2.05, 4.69) is 0 Å². The number of phenolic OH excluding ortho intramolecular Hbond substituents is 1. The number of nitrogens with two attached hydrogens (primary N) is 1. The molecule has 0 aromatic heterocycles. The van der Waals surface area contributed by atoms with E-state index in [0.29, 0.717) is 6.07 Å². The van der Waals surface area contributed by atoms with Crippen LogP contribution in [0.4, 0.5) is 18.9 Å². The number of aromatic hydroxyl groups is 1. The van der Waals surface area contributed by atoms with Gasteiger partial charge < -0.3 is 10.8 Å². The highest BCUT2D eigenvalue weighted by molar-refractivity contribution is 5.81. The van der Waals surface area contributed by atoms with Crippen LogP contribution in [0.1, 0.15) is 15.9 Å². The number of benzene rings is 1. The largest absolute Gasteiger partial charge is 0.506 e. The molecule has 0 aliphatic rings. The average Bonchev–Trinajstić information content (AvgIpc) is 2.07. The van der Waals surface area contributed by atoms with Crippen molar-refractivity contribution in [1.29, 1.82) is 0 Å². The number of hydrogen-bond acceptors (Lipinski definition) is 3. The van der Waals surface area contributed by atoms with Gasteiger partial charge in [0.2, 0.25) is 0 Å². The zero-order valence-electron chi connectivity index (χ0n) is 6.80. The van der Waals surface area contributed by atoms with Crippen molar-refractivity contribution in [3.63, 3.8) is 0 Å². The van der Waals surface area contributed by atoms with Crippen LogP contribution in [0.15, 0.2) is 12.1 Å². The maximum absolute atomic E-state index is 12.2. The van der Waals surface area contributed by atoms with Crippen LogP contribution in [-0.2, 0) is 6.18 Å². The Bertz CT molecular complexity index is 374. The van der Waals surface area contributed by atoms with Crippen LogP contribution in [0.25, 0.3) is 0 Å². The van der Waals surface area contributed by atoms with E-state index in [1.165, 1.54) is 0 Å². The summed E-state index contributed by atoms with van der Waals surface area (Å²) < 4.78 is 36.7. The molecule has 3 N–H and O–H groups in total. The monoisotopic (exact) mass is 205 g/mol. The molecule has 0 spiro atoms. The predicted octanol–water partition coefficient (Wildman–Crippen LogP) is 1.81. The molecule has 0 heterocycles. The highest BCUT2D eigenvalue weighted by atomic mass is 19.4. The van der Waals surface area contributed by atoms with E-state index in [9.17, 15) is 18.0 Å². The van der Waals surface area contributed by atoms with Crippen LogP contribution in [-0.4, -0.2) is 11.4 Å². The van der Waals surface area contributed by atoms with E-state index in [0.717, 1.165) is 6.07 Å². The molecule has 1 aromatic carbocycles. The van der Waals surface area contributed by atoms with Gasteiger partial charge >= 0.3 is 6.18 Å². The minimum atomic E-state index is -4.68. The second kappa shape index (κ2) is 3.21. The maximum Gasteiger partial charge on any atom is 0.417 e. The van der Waals surface area contributed by atoms with Crippen LogP contribution in [0, 0.1) is 0 Å². The van der Waals surface area contributed by atoms with Crippen LogP contribution >= 0.6 is 0 Å². The van der Waals surface area contributed by atoms with Crippen molar-refractivity contribution in [3.05, 3.63) is 23.3 Å². The fourth-order valence-corrected chi connectivity index (χ4v) is 0.966. The SMILES string of the molecule is Nc1cc(C=O)c(C(F)(F)F)cc1O. The van der Waals surface area contributed by atoms with E-state index >= 15 is 0 Å². The van der Waals surface area contributed by atoms with Gasteiger partial charge in [-0.25, -0.2) is 0 Å². The average molecular weight is 205 g/mol. The van der Waals surface area contributed by atoms with Crippen molar-refractivity contribution in [3.8, 4) is 5.75 Å². The summed E-state index contributed by atoms with van der Waals surface area (Å²) in [5, 5.41) is 8.94. The fraction of sp³-hybridized carbons (Fsp3) is 0.125. The summed E-state index contributed by atoms with van der Waals surface area (Å²) >= 11 is 0. The third-order valence-corrected chi connectivity index (χ3v) is 1.63. The summed E-state index contributed by atoms with van der Waals surface area (Å²) in [6.07, 6.45) is -4.64. The molecule has 1 aromatic rings. The third-order valence-electron chi connectivity index (χ3n) is 1.63. The van der Waals surface area contributed by atoms with Gasteiger partial charge in [0.05, 0.1) is 11.3 Å². The van der Waals surface area contributed by atoms with E-state index in [1.54, 1.807) is 0 Å². The normalized spacial score (nSPS) is 11.4. The van der Waals surface area contributed by atoms with Gasteiger partial charge in [0, 0.05) is 5.56 Å². The highest BCUT2D eigenvalue weighted by Crippen LogP contribution is 2.35. The summed E-state index contributed by atoms with van der Waals surface area (Å²) in [4.78, 5) is 10.3. The topological polar surface area (TPSA) is 63.3 Å². The van der Waals surface area contributed by atoms with E-state index in [-0.39, 0.29) is 12.0 Å². The smallest absolute Gasteiger partial charge is 0.417 e. The lowest BCUT2D eigenvalue weighted by Gasteiger charge is -2.10. The standard InChI is InChI=1S/C8H6F3NO2/c9-8(10,11)5-2-7(14)6(12)1-4(5)3-13/h1-3,14H,12H2. The molecule has 0 radical (unpaired) electrons. The molecule has 0 bridgehead atoms. The first-order valence-corrected chi connectivity index (χ1v) is 3.51. The van der Waals surface area contributed by atoms with Gasteiger partial charge in [-0.2, -0.15) is 13.2 Å². The molecule has 6 heteroatoms. The number of aldehydes is 1. The first kappa shape index (κ1) is 10.4. The van der Waals surface area contributed by atoms with Crippen molar-refractivity contribution in [2.24, 2.45) is 0 Å². The summed E-state index contributed by atoms with van der Waals surface area (Å²) in [6.45, 7) is 0. The molecule has 76 valence electrons. The molecule has 0 amide bonds. The molecule has 1 rings (SSSR count). The molecule has 0 saturated carbocycles. The van der Waals surface area contributed by atoms with Gasteiger partial charge in [0.25, 0.3) is 0 Å². The Labute approximate surface area is 77.0 Å². The second-order valence-electron chi connectivity index (χ2n) is 2.61. The number of alkyl halides is 3. The Kier molecular flexibility index (Phi) is 2.37. The lowest BCUT2D eigenvalue weighted by atomic mass is 10.1. The number of rotatable bonds is 1. The van der Waals surface area contributed by atoms with Crippen LogP contribution in [0.3, 0.4) is 0 Å². The molecule has 14 heavy (non-hydrogen) atoms. The first-order valence-electron chi connectivity index (χ1n) is 3.51. The van der Waals surface area contributed by atoms with Gasteiger partial charge in [-0.1, -0.05) is 0 Å². The number of carbonyl (C=O) groups excluding carboxylic acids is 1. The molecule has 3 nitrogen and oxygen atoms in total. The molecular weight excluding hydrogens is 199 g/mol. The van der Waals surface area contributed by atoms with Crippen molar-refractivity contribution in [2.75, 3.05) is 5.73 Å². The van der Waals surface area contributed by atoms with Gasteiger partial charge in [-0.05, 0) is 12.1 Å². The minimum absolute atomic E-state index is 0.0403. The Morgan fingerprint density at radius 2 is 1.93 bits per heavy atom. The first-order chi connectivity index (χ1) is 6.36. The van der Waals surface area contributed by atoms with Crippen LogP contribution in [0.5, 0.6) is 5.75 Å². The molecule has 0 aliphatic carbocycles. The number of hydrogen-bond donors (Lipinski definition) is 2. The van der Waals surface area contributed by atoms with Gasteiger partial charge in [-0.15, -0.1) is 0 Å². The Morgan fingerprint density at radius 3 is 2.36 bits per heavy atom. The van der Waals surface area contributed by atoms with Crippen LogP contribution in [0.2, 0.25) is 0 Å². The van der Waals surface area contributed by atoms with Crippen molar-refractivity contribution in [2.45, 2.75) is 6.18 Å². The summed E-state index contributed by atoms with van der Waals surface area (Å²) in [5.41, 5.74) is 3.08. The fourth-order valence-electron chi connectivity index (χ4n) is 0.966. The van der Waals surface area contributed by atoms with E-state index < -0.39 is 23.1 Å². The van der Waals surface area contributed by atoms with Gasteiger partial charge in [-0.3, -0.25) is 4.79 Å². The number of halogens is 3. The Hall–Kier alpha value is -1.72. The van der Waals surface area contributed by atoms with Gasteiger partial charge in [0.15, 0.2) is 6.29 Å². The van der Waals surface area contributed by atoms with Crippen molar-refractivity contribution in [1.82, 2.24) is 0 Å². The number of phenols is 1. The zero-order valence-corrected chi connectivity index (χ0v) is 6.80. The quantitative estimate of drug-likeness (QED) is 0.417. The van der Waals surface area contributed by atoms with E-state index in [4.69, 9.17) is 10.8 Å². The van der Waals surface area contributed by atoms with Gasteiger partial charge in [0.1, 0.15) is 5.75 Å². The Morgan fingerprint density at radius 1 is 1.36 bits per heavy atom. The molecule has 0 fully saturated rings. The predicted molar refractivity (Wildman–Crippen MR) is 42.9 cm³/mol. The number of nitrogen functional groups attached to an aromatic ring is 1. The number of anilines is 1. The molecule has 0 aliphatic heterocycles. The van der Waals surface area contributed by atoms with Crippen molar-refractivity contribution < 1.29 is 23.1 Å².